The molecule has 6 heteroatoms. The molecule has 2 aromatic carbocycles. The average Bonchev–Trinajstić information content (AvgIpc) is 2.79. The van der Waals surface area contributed by atoms with Crippen LogP contribution in [0, 0.1) is 17.2 Å². The summed E-state index contributed by atoms with van der Waals surface area (Å²) >= 11 is 0. The molecule has 0 aromatic heterocycles. The zero-order valence-corrected chi connectivity index (χ0v) is 17.7. The molecule has 1 atom stereocenters. The minimum Gasteiger partial charge on any atom is -0.494 e. The third-order valence-electron chi connectivity index (χ3n) is 4.68. The Kier molecular flexibility index (Phi) is 10.1. The van der Waals surface area contributed by atoms with Gasteiger partial charge in [0.25, 0.3) is 0 Å². The van der Waals surface area contributed by atoms with Crippen LogP contribution >= 0.6 is 0 Å². The SMILES string of the molecule is CCC(C)C(=O)OCCCCCCOc1ccc(N=Nc2ccc(C#N)cc2)cc1. The molecule has 158 valence electrons. The predicted octanol–water partition coefficient (Wildman–Crippen LogP) is 6.50. The van der Waals surface area contributed by atoms with Crippen molar-refractivity contribution in [3.8, 4) is 11.8 Å². The Morgan fingerprint density at radius 2 is 1.50 bits per heavy atom. The molecule has 0 saturated heterocycles. The maximum atomic E-state index is 11.6. The molecule has 0 spiro atoms. The Hall–Kier alpha value is -3.20. The summed E-state index contributed by atoms with van der Waals surface area (Å²) in [6.45, 7) is 5.03. The van der Waals surface area contributed by atoms with Gasteiger partial charge in [-0.2, -0.15) is 15.5 Å². The highest BCUT2D eigenvalue weighted by atomic mass is 16.5. The Balaban J connectivity index is 1.60. The first-order valence-electron chi connectivity index (χ1n) is 10.4. The van der Waals surface area contributed by atoms with Crippen LogP contribution < -0.4 is 4.74 Å². The van der Waals surface area contributed by atoms with Gasteiger partial charge in [-0.1, -0.05) is 13.8 Å². The fourth-order valence-corrected chi connectivity index (χ4v) is 2.56. The predicted molar refractivity (Wildman–Crippen MR) is 116 cm³/mol. The minimum absolute atomic E-state index is 0.0118. The van der Waals surface area contributed by atoms with E-state index in [1.54, 1.807) is 24.3 Å². The van der Waals surface area contributed by atoms with E-state index in [9.17, 15) is 4.79 Å². The van der Waals surface area contributed by atoms with Crippen molar-refractivity contribution in [1.82, 2.24) is 0 Å². The molecule has 6 nitrogen and oxygen atoms in total. The zero-order chi connectivity index (χ0) is 21.6. The quantitative estimate of drug-likeness (QED) is 0.228. The van der Waals surface area contributed by atoms with Crippen LogP contribution in [0.15, 0.2) is 58.8 Å². The number of nitriles is 1. The number of carbonyl (C=O) groups excluding carboxylic acids is 1. The Morgan fingerprint density at radius 1 is 0.933 bits per heavy atom. The van der Waals surface area contributed by atoms with Gasteiger partial charge >= 0.3 is 5.97 Å². The number of ether oxygens (including phenoxy) is 2. The van der Waals surface area contributed by atoms with Crippen molar-refractivity contribution < 1.29 is 14.3 Å². The van der Waals surface area contributed by atoms with Gasteiger partial charge in [-0.05, 0) is 80.6 Å². The highest BCUT2D eigenvalue weighted by molar-refractivity contribution is 5.71. The molecule has 0 saturated carbocycles. The smallest absolute Gasteiger partial charge is 0.308 e. The second kappa shape index (κ2) is 13.1. The van der Waals surface area contributed by atoms with E-state index in [-0.39, 0.29) is 11.9 Å². The summed E-state index contributed by atoms with van der Waals surface area (Å²) in [5.41, 5.74) is 2.03. The molecule has 30 heavy (non-hydrogen) atoms. The lowest BCUT2D eigenvalue weighted by atomic mass is 10.1. The van der Waals surface area contributed by atoms with Gasteiger partial charge in [0.2, 0.25) is 0 Å². The molecule has 0 fully saturated rings. The summed E-state index contributed by atoms with van der Waals surface area (Å²) < 4.78 is 11.0. The van der Waals surface area contributed by atoms with E-state index in [2.05, 4.69) is 16.3 Å². The number of azo groups is 1. The molecular formula is C24H29N3O3. The lowest BCUT2D eigenvalue weighted by Crippen LogP contribution is -2.14. The van der Waals surface area contributed by atoms with Crippen molar-refractivity contribution in [3.05, 3.63) is 54.1 Å². The van der Waals surface area contributed by atoms with Crippen molar-refractivity contribution in [2.24, 2.45) is 16.1 Å². The maximum absolute atomic E-state index is 11.6. The Morgan fingerprint density at radius 3 is 2.07 bits per heavy atom. The van der Waals surface area contributed by atoms with E-state index in [4.69, 9.17) is 14.7 Å². The van der Waals surface area contributed by atoms with E-state index in [0.717, 1.165) is 43.5 Å². The molecule has 0 radical (unpaired) electrons. The van der Waals surface area contributed by atoms with Crippen LogP contribution in [-0.4, -0.2) is 19.2 Å². The standard InChI is InChI=1S/C24H29N3O3/c1-3-19(2)24(28)30-17-7-5-4-6-16-29-23-14-12-22(13-15-23)27-26-21-10-8-20(18-25)9-11-21/h8-15,19H,3-7,16-17H2,1-2H3. The van der Waals surface area contributed by atoms with Crippen molar-refractivity contribution in [1.29, 1.82) is 5.26 Å². The zero-order valence-electron chi connectivity index (χ0n) is 17.7. The number of benzene rings is 2. The number of nitrogens with zero attached hydrogens (tertiary/aromatic N) is 3. The van der Waals surface area contributed by atoms with E-state index in [0.29, 0.717) is 24.5 Å². The molecule has 2 rings (SSSR count). The molecule has 0 aliphatic rings. The van der Waals surface area contributed by atoms with Crippen molar-refractivity contribution in [2.75, 3.05) is 13.2 Å². The lowest BCUT2D eigenvalue weighted by molar-refractivity contribution is -0.148. The molecule has 1 unspecified atom stereocenters. The first kappa shape index (κ1) is 23.1. The monoisotopic (exact) mass is 407 g/mol. The minimum atomic E-state index is -0.0966. The molecular weight excluding hydrogens is 378 g/mol. The van der Waals surface area contributed by atoms with Gasteiger partial charge in [-0.25, -0.2) is 0 Å². The lowest BCUT2D eigenvalue weighted by Gasteiger charge is -2.09. The van der Waals surface area contributed by atoms with Crippen LogP contribution in [0.3, 0.4) is 0 Å². The van der Waals surface area contributed by atoms with Gasteiger partial charge in [0.05, 0.1) is 42.1 Å². The molecule has 0 bridgehead atoms. The number of rotatable bonds is 12. The van der Waals surface area contributed by atoms with Crippen molar-refractivity contribution in [3.63, 3.8) is 0 Å². The number of hydrogen-bond acceptors (Lipinski definition) is 6. The molecule has 0 amide bonds. The van der Waals surface area contributed by atoms with E-state index >= 15 is 0 Å². The second-order valence-corrected chi connectivity index (χ2v) is 7.09. The first-order valence-corrected chi connectivity index (χ1v) is 10.4. The van der Waals surface area contributed by atoms with Gasteiger partial charge in [0, 0.05) is 0 Å². The average molecular weight is 408 g/mol. The number of hydrogen-bond donors (Lipinski definition) is 0. The fraction of sp³-hybridized carbons (Fsp3) is 0.417. The van der Waals surface area contributed by atoms with Crippen LogP contribution in [0.4, 0.5) is 11.4 Å². The van der Waals surface area contributed by atoms with Gasteiger partial charge in [-0.15, -0.1) is 0 Å². The molecule has 0 N–H and O–H groups in total. The topological polar surface area (TPSA) is 84.0 Å². The normalized spacial score (nSPS) is 11.8. The molecule has 0 aliphatic carbocycles. The van der Waals surface area contributed by atoms with Gasteiger partial charge in [-0.3, -0.25) is 4.79 Å². The van der Waals surface area contributed by atoms with Crippen molar-refractivity contribution >= 4 is 17.3 Å². The summed E-state index contributed by atoms with van der Waals surface area (Å²) in [5.74, 6) is 0.692. The number of esters is 1. The summed E-state index contributed by atoms with van der Waals surface area (Å²) in [7, 11) is 0. The third kappa shape index (κ3) is 8.44. The highest BCUT2D eigenvalue weighted by Crippen LogP contribution is 2.21. The fourth-order valence-electron chi connectivity index (χ4n) is 2.56. The second-order valence-electron chi connectivity index (χ2n) is 7.09. The van der Waals surface area contributed by atoms with E-state index in [1.807, 2.05) is 38.1 Å². The van der Waals surface area contributed by atoms with Crippen LogP contribution in [-0.2, 0) is 9.53 Å². The first-order chi connectivity index (χ1) is 14.6. The molecule has 2 aromatic rings. The summed E-state index contributed by atoms with van der Waals surface area (Å²) in [4.78, 5) is 11.6. The number of carbonyl (C=O) groups is 1. The highest BCUT2D eigenvalue weighted by Gasteiger charge is 2.10. The summed E-state index contributed by atoms with van der Waals surface area (Å²) in [6, 6.07) is 16.5. The summed E-state index contributed by atoms with van der Waals surface area (Å²) in [5, 5.41) is 17.2. The molecule has 0 heterocycles. The van der Waals surface area contributed by atoms with E-state index < -0.39 is 0 Å². The number of unbranched alkanes of at least 4 members (excludes halogenated alkanes) is 3. The Bertz CT molecular complexity index is 839. The van der Waals surface area contributed by atoms with Gasteiger partial charge in [0.1, 0.15) is 5.75 Å². The van der Waals surface area contributed by atoms with E-state index in [1.165, 1.54) is 0 Å². The van der Waals surface area contributed by atoms with Crippen LogP contribution in [0.5, 0.6) is 5.75 Å². The van der Waals surface area contributed by atoms with Crippen LogP contribution in [0.1, 0.15) is 51.5 Å². The molecule has 0 aliphatic heterocycles. The third-order valence-corrected chi connectivity index (χ3v) is 4.68. The maximum Gasteiger partial charge on any atom is 0.308 e. The van der Waals surface area contributed by atoms with Gasteiger partial charge in [0.15, 0.2) is 0 Å². The van der Waals surface area contributed by atoms with Crippen LogP contribution in [0.25, 0.3) is 0 Å². The van der Waals surface area contributed by atoms with Crippen molar-refractivity contribution in [2.45, 2.75) is 46.0 Å². The van der Waals surface area contributed by atoms with Gasteiger partial charge < -0.3 is 9.47 Å². The largest absolute Gasteiger partial charge is 0.494 e. The van der Waals surface area contributed by atoms with Crippen LogP contribution in [0.2, 0.25) is 0 Å². The Labute approximate surface area is 178 Å². The summed E-state index contributed by atoms with van der Waals surface area (Å²) in [6.07, 6.45) is 4.72.